The normalized spacial score (nSPS) is 26.0. The van der Waals surface area contributed by atoms with Crippen LogP contribution < -0.4 is 10.6 Å². The Balaban J connectivity index is 1.49. The smallest absolute Gasteiger partial charge is 0.243 e. The van der Waals surface area contributed by atoms with E-state index in [1.54, 1.807) is 0 Å². The molecule has 0 spiro atoms. The van der Waals surface area contributed by atoms with E-state index in [2.05, 4.69) is 26.6 Å². The predicted octanol–water partition coefficient (Wildman–Crippen LogP) is 3.25. The van der Waals surface area contributed by atoms with Crippen LogP contribution in [0.5, 0.6) is 0 Å². The van der Waals surface area contributed by atoms with Crippen molar-refractivity contribution in [2.24, 2.45) is 17.8 Å². The van der Waals surface area contributed by atoms with Crippen LogP contribution in [-0.4, -0.2) is 18.4 Å². The standard InChI is InChI=1S/C17H21BrN2O2/c1-10-6-13(18)4-5-15(10)20-16(21)9-19-17(22)14-8-11-2-3-12(14)7-11/h4-6,11-12,14H,2-3,7-9H2,1H3,(H,19,22)(H,20,21). The lowest BCUT2D eigenvalue weighted by Gasteiger charge is -2.20. The van der Waals surface area contributed by atoms with Gasteiger partial charge in [0, 0.05) is 16.1 Å². The Kier molecular flexibility index (Phi) is 4.52. The van der Waals surface area contributed by atoms with Gasteiger partial charge in [-0.05, 0) is 61.8 Å². The Hall–Kier alpha value is -1.36. The second kappa shape index (κ2) is 6.41. The van der Waals surface area contributed by atoms with Gasteiger partial charge >= 0.3 is 0 Å². The van der Waals surface area contributed by atoms with Crippen molar-refractivity contribution in [1.82, 2.24) is 5.32 Å². The summed E-state index contributed by atoms with van der Waals surface area (Å²) < 4.78 is 0.979. The molecule has 2 N–H and O–H groups in total. The van der Waals surface area contributed by atoms with Gasteiger partial charge in [-0.25, -0.2) is 0 Å². The Morgan fingerprint density at radius 3 is 2.73 bits per heavy atom. The van der Waals surface area contributed by atoms with Crippen LogP contribution in [0.15, 0.2) is 22.7 Å². The van der Waals surface area contributed by atoms with Crippen molar-refractivity contribution < 1.29 is 9.59 Å². The van der Waals surface area contributed by atoms with Gasteiger partial charge in [-0.3, -0.25) is 9.59 Å². The van der Waals surface area contributed by atoms with Gasteiger partial charge in [0.05, 0.1) is 6.54 Å². The topological polar surface area (TPSA) is 58.2 Å². The predicted molar refractivity (Wildman–Crippen MR) is 89.5 cm³/mol. The Bertz CT molecular complexity index is 602. The molecule has 3 unspecified atom stereocenters. The monoisotopic (exact) mass is 364 g/mol. The molecule has 3 rings (SSSR count). The fourth-order valence-electron chi connectivity index (χ4n) is 3.83. The minimum Gasteiger partial charge on any atom is -0.347 e. The summed E-state index contributed by atoms with van der Waals surface area (Å²) >= 11 is 3.40. The lowest BCUT2D eigenvalue weighted by molar-refractivity contribution is -0.128. The van der Waals surface area contributed by atoms with Crippen LogP contribution in [-0.2, 0) is 9.59 Å². The highest BCUT2D eigenvalue weighted by Gasteiger charge is 2.42. The molecule has 22 heavy (non-hydrogen) atoms. The van der Waals surface area contributed by atoms with Crippen LogP contribution in [0, 0.1) is 24.7 Å². The van der Waals surface area contributed by atoms with Gasteiger partial charge in [-0.2, -0.15) is 0 Å². The molecule has 4 nitrogen and oxygen atoms in total. The number of carbonyl (C=O) groups is 2. The van der Waals surface area contributed by atoms with Crippen molar-refractivity contribution >= 4 is 33.4 Å². The summed E-state index contributed by atoms with van der Waals surface area (Å²) in [4.78, 5) is 24.2. The molecule has 1 aromatic rings. The Morgan fingerprint density at radius 1 is 1.27 bits per heavy atom. The second-order valence-electron chi connectivity index (χ2n) is 6.51. The summed E-state index contributed by atoms with van der Waals surface area (Å²) in [6.45, 7) is 1.98. The molecule has 118 valence electrons. The summed E-state index contributed by atoms with van der Waals surface area (Å²) in [5, 5.41) is 5.64. The molecule has 2 amide bonds. The molecule has 2 aliphatic rings. The molecule has 0 heterocycles. The number of anilines is 1. The van der Waals surface area contributed by atoms with Gasteiger partial charge in [0.1, 0.15) is 0 Å². The van der Waals surface area contributed by atoms with Crippen molar-refractivity contribution in [1.29, 1.82) is 0 Å². The van der Waals surface area contributed by atoms with E-state index in [4.69, 9.17) is 0 Å². The van der Waals surface area contributed by atoms with Crippen LogP contribution in [0.4, 0.5) is 5.69 Å². The molecule has 5 heteroatoms. The zero-order chi connectivity index (χ0) is 15.7. The van der Waals surface area contributed by atoms with E-state index in [0.717, 1.165) is 28.1 Å². The molecule has 3 atom stereocenters. The molecule has 2 saturated carbocycles. The van der Waals surface area contributed by atoms with Crippen LogP contribution in [0.3, 0.4) is 0 Å². The highest BCUT2D eigenvalue weighted by Crippen LogP contribution is 2.48. The van der Waals surface area contributed by atoms with Crippen molar-refractivity contribution in [3.05, 3.63) is 28.2 Å². The number of fused-ring (bicyclic) bond motifs is 2. The Morgan fingerprint density at radius 2 is 2.09 bits per heavy atom. The molecular formula is C17H21BrN2O2. The maximum Gasteiger partial charge on any atom is 0.243 e. The summed E-state index contributed by atoms with van der Waals surface area (Å²) in [6, 6.07) is 5.69. The third-order valence-corrected chi connectivity index (χ3v) is 5.45. The lowest BCUT2D eigenvalue weighted by Crippen LogP contribution is -2.38. The molecule has 0 aromatic heterocycles. The number of nitrogens with one attached hydrogen (secondary N) is 2. The van der Waals surface area contributed by atoms with Gasteiger partial charge in [0.25, 0.3) is 0 Å². The van der Waals surface area contributed by atoms with E-state index in [0.29, 0.717) is 5.92 Å². The van der Waals surface area contributed by atoms with Crippen molar-refractivity contribution in [2.75, 3.05) is 11.9 Å². The summed E-state index contributed by atoms with van der Waals surface area (Å²) in [7, 11) is 0. The largest absolute Gasteiger partial charge is 0.347 e. The molecule has 0 saturated heterocycles. The molecule has 2 bridgehead atoms. The maximum absolute atomic E-state index is 12.2. The first-order valence-electron chi connectivity index (χ1n) is 7.86. The number of amides is 2. The van der Waals surface area contributed by atoms with Gasteiger partial charge < -0.3 is 10.6 Å². The zero-order valence-electron chi connectivity index (χ0n) is 12.7. The van der Waals surface area contributed by atoms with Gasteiger partial charge in [-0.1, -0.05) is 22.4 Å². The third kappa shape index (κ3) is 3.35. The van der Waals surface area contributed by atoms with Gasteiger partial charge in [0.15, 0.2) is 0 Å². The fraction of sp³-hybridized carbons (Fsp3) is 0.529. The summed E-state index contributed by atoms with van der Waals surface area (Å²) in [5.41, 5.74) is 1.77. The lowest BCUT2D eigenvalue weighted by atomic mass is 9.88. The average Bonchev–Trinajstić information content (AvgIpc) is 3.10. The number of halogens is 1. The molecular weight excluding hydrogens is 344 g/mol. The van der Waals surface area contributed by atoms with Crippen LogP contribution in [0.1, 0.15) is 31.2 Å². The number of hydrogen-bond acceptors (Lipinski definition) is 2. The Labute approximate surface area is 139 Å². The van der Waals surface area contributed by atoms with Gasteiger partial charge in [-0.15, -0.1) is 0 Å². The maximum atomic E-state index is 12.2. The van der Waals surface area contributed by atoms with E-state index in [9.17, 15) is 9.59 Å². The number of hydrogen-bond donors (Lipinski definition) is 2. The molecule has 1 aromatic carbocycles. The minimum atomic E-state index is -0.179. The van der Waals surface area contributed by atoms with Crippen molar-refractivity contribution in [3.8, 4) is 0 Å². The molecule has 0 aliphatic heterocycles. The number of rotatable bonds is 4. The fourth-order valence-corrected chi connectivity index (χ4v) is 4.30. The van der Waals surface area contributed by atoms with Crippen LogP contribution in [0.2, 0.25) is 0 Å². The zero-order valence-corrected chi connectivity index (χ0v) is 14.3. The molecule has 2 fully saturated rings. The van der Waals surface area contributed by atoms with E-state index in [-0.39, 0.29) is 24.3 Å². The van der Waals surface area contributed by atoms with Crippen LogP contribution in [0.25, 0.3) is 0 Å². The summed E-state index contributed by atoms with van der Waals surface area (Å²) in [5.74, 6) is 1.28. The second-order valence-corrected chi connectivity index (χ2v) is 7.42. The van der Waals surface area contributed by atoms with E-state index in [1.807, 2.05) is 25.1 Å². The first kappa shape index (κ1) is 15.5. The van der Waals surface area contributed by atoms with E-state index >= 15 is 0 Å². The third-order valence-electron chi connectivity index (χ3n) is 4.96. The van der Waals surface area contributed by atoms with E-state index < -0.39 is 0 Å². The summed E-state index contributed by atoms with van der Waals surface area (Å²) in [6.07, 6.45) is 4.65. The van der Waals surface area contributed by atoms with Crippen molar-refractivity contribution in [3.63, 3.8) is 0 Å². The molecule has 2 aliphatic carbocycles. The minimum absolute atomic E-state index is 0.0439. The molecule has 0 radical (unpaired) electrons. The number of benzene rings is 1. The number of aryl methyl sites for hydroxylation is 1. The highest BCUT2D eigenvalue weighted by atomic mass is 79.9. The average molecular weight is 365 g/mol. The highest BCUT2D eigenvalue weighted by molar-refractivity contribution is 9.10. The first-order chi connectivity index (χ1) is 10.5. The quantitative estimate of drug-likeness (QED) is 0.861. The SMILES string of the molecule is Cc1cc(Br)ccc1NC(=O)CNC(=O)C1CC2CCC1C2. The van der Waals surface area contributed by atoms with Gasteiger partial charge in [0.2, 0.25) is 11.8 Å². The number of carbonyl (C=O) groups excluding carboxylic acids is 2. The van der Waals surface area contributed by atoms with Crippen LogP contribution >= 0.6 is 15.9 Å². The van der Waals surface area contributed by atoms with E-state index in [1.165, 1.54) is 19.3 Å². The van der Waals surface area contributed by atoms with Crippen molar-refractivity contribution in [2.45, 2.75) is 32.6 Å². The first-order valence-corrected chi connectivity index (χ1v) is 8.66.